The molecule has 0 bridgehead atoms. The van der Waals surface area contributed by atoms with Crippen LogP contribution in [0.5, 0.6) is 5.75 Å². The van der Waals surface area contributed by atoms with Crippen LogP contribution in [-0.2, 0) is 0 Å². The minimum atomic E-state index is -0.0865. The highest BCUT2D eigenvalue weighted by Crippen LogP contribution is 2.19. The maximum absolute atomic E-state index is 12.3. The second-order valence-corrected chi connectivity index (χ2v) is 7.31. The van der Waals surface area contributed by atoms with Gasteiger partial charge in [-0.2, -0.15) is 0 Å². The van der Waals surface area contributed by atoms with Crippen LogP contribution in [0.4, 0.5) is 4.79 Å². The second-order valence-electron chi connectivity index (χ2n) is 7.31. The number of rotatable bonds is 7. The van der Waals surface area contributed by atoms with E-state index in [1.54, 1.807) is 0 Å². The van der Waals surface area contributed by atoms with Crippen molar-refractivity contribution in [3.8, 4) is 5.75 Å². The fourth-order valence-electron chi connectivity index (χ4n) is 3.32. The van der Waals surface area contributed by atoms with Gasteiger partial charge in [-0.1, -0.05) is 26.0 Å². The first-order valence-corrected chi connectivity index (χ1v) is 9.50. The average Bonchev–Trinajstić information content (AvgIpc) is 2.56. The largest absolute Gasteiger partial charge is 0.494 e. The molecule has 2 amide bonds. The minimum absolute atomic E-state index is 0.0542. The number of urea groups is 1. The molecule has 1 atom stereocenters. The lowest BCUT2D eigenvalue weighted by Crippen LogP contribution is -2.48. The first-order chi connectivity index (χ1) is 12.0. The molecule has 1 aliphatic heterocycles. The summed E-state index contributed by atoms with van der Waals surface area (Å²) in [6.07, 6.45) is 2.04. The van der Waals surface area contributed by atoms with Crippen molar-refractivity contribution in [3.05, 3.63) is 29.8 Å². The molecular formula is C20H33N3O2. The van der Waals surface area contributed by atoms with Crippen LogP contribution in [0.3, 0.4) is 0 Å². The lowest BCUT2D eigenvalue weighted by Gasteiger charge is -2.33. The highest BCUT2D eigenvalue weighted by Gasteiger charge is 2.21. The number of hydrogen-bond acceptors (Lipinski definition) is 3. The Hall–Kier alpha value is -1.75. The zero-order valence-electron chi connectivity index (χ0n) is 16.0. The van der Waals surface area contributed by atoms with Gasteiger partial charge in [0.15, 0.2) is 0 Å². The first kappa shape index (κ1) is 19.6. The molecule has 5 heteroatoms. The molecule has 1 saturated heterocycles. The fraction of sp³-hybridized carbons (Fsp3) is 0.650. The van der Waals surface area contributed by atoms with Crippen LogP contribution in [0, 0.1) is 5.92 Å². The molecule has 140 valence electrons. The molecule has 1 aromatic carbocycles. The number of likely N-dealkylation sites (tertiary alicyclic amines) is 1. The Morgan fingerprint density at radius 3 is 2.64 bits per heavy atom. The summed E-state index contributed by atoms with van der Waals surface area (Å²) in [5.74, 6) is 1.53. The summed E-state index contributed by atoms with van der Waals surface area (Å²) >= 11 is 0. The Labute approximate surface area is 152 Å². The van der Waals surface area contributed by atoms with E-state index in [4.69, 9.17) is 4.74 Å². The van der Waals surface area contributed by atoms with Crippen LogP contribution in [0.15, 0.2) is 24.3 Å². The van der Waals surface area contributed by atoms with E-state index in [0.29, 0.717) is 12.5 Å². The van der Waals surface area contributed by atoms with Crippen molar-refractivity contribution in [2.45, 2.75) is 52.6 Å². The normalized spacial score (nSPS) is 17.3. The van der Waals surface area contributed by atoms with Gasteiger partial charge in [0, 0.05) is 25.7 Å². The minimum Gasteiger partial charge on any atom is -0.494 e. The van der Waals surface area contributed by atoms with E-state index in [1.165, 1.54) is 0 Å². The molecule has 0 saturated carbocycles. The number of carbonyl (C=O) groups excluding carboxylic acids is 1. The number of nitrogens with one attached hydrogen (secondary N) is 2. The van der Waals surface area contributed by atoms with E-state index < -0.39 is 0 Å². The summed E-state index contributed by atoms with van der Waals surface area (Å²) in [6, 6.07) is 8.02. The Kier molecular flexibility index (Phi) is 7.56. The quantitative estimate of drug-likeness (QED) is 0.793. The number of piperidine rings is 1. The van der Waals surface area contributed by atoms with Gasteiger partial charge in [-0.05, 0) is 50.3 Å². The Balaban J connectivity index is 1.77. The number of ether oxygens (including phenoxy) is 1. The van der Waals surface area contributed by atoms with Crippen molar-refractivity contribution in [1.29, 1.82) is 0 Å². The third kappa shape index (κ3) is 6.58. The SMILES string of the molecule is CCOc1cccc([C@@H](C)NC(=O)NC2CCN(CC(C)C)CC2)c1. The number of nitrogens with zero attached hydrogens (tertiary/aromatic N) is 1. The summed E-state index contributed by atoms with van der Waals surface area (Å²) in [5, 5.41) is 6.16. The van der Waals surface area contributed by atoms with Crippen LogP contribution in [0.1, 0.15) is 52.1 Å². The van der Waals surface area contributed by atoms with Gasteiger partial charge in [0.25, 0.3) is 0 Å². The summed E-state index contributed by atoms with van der Waals surface area (Å²) < 4.78 is 5.53. The first-order valence-electron chi connectivity index (χ1n) is 9.50. The molecule has 0 spiro atoms. The highest BCUT2D eigenvalue weighted by molar-refractivity contribution is 5.74. The zero-order valence-corrected chi connectivity index (χ0v) is 16.0. The standard InChI is InChI=1S/C20H33N3O2/c1-5-25-19-8-6-7-17(13-19)16(4)21-20(24)22-18-9-11-23(12-10-18)14-15(2)3/h6-8,13,15-16,18H,5,9-12,14H2,1-4H3,(H2,21,22,24)/t16-/m1/s1. The average molecular weight is 348 g/mol. The van der Waals surface area contributed by atoms with Gasteiger partial charge in [-0.25, -0.2) is 4.79 Å². The molecule has 1 aromatic rings. The van der Waals surface area contributed by atoms with Crippen LogP contribution in [0.2, 0.25) is 0 Å². The van der Waals surface area contributed by atoms with E-state index in [2.05, 4.69) is 29.4 Å². The van der Waals surface area contributed by atoms with Gasteiger partial charge >= 0.3 is 6.03 Å². The number of benzene rings is 1. The van der Waals surface area contributed by atoms with Crippen molar-refractivity contribution >= 4 is 6.03 Å². The van der Waals surface area contributed by atoms with E-state index in [1.807, 2.05) is 38.1 Å². The van der Waals surface area contributed by atoms with E-state index in [-0.39, 0.29) is 18.1 Å². The molecule has 0 aliphatic carbocycles. The molecule has 2 N–H and O–H groups in total. The maximum Gasteiger partial charge on any atom is 0.315 e. The lowest BCUT2D eigenvalue weighted by atomic mass is 10.0. The van der Waals surface area contributed by atoms with Gasteiger partial charge in [0.2, 0.25) is 0 Å². The maximum atomic E-state index is 12.3. The molecule has 25 heavy (non-hydrogen) atoms. The second kappa shape index (κ2) is 9.66. The Morgan fingerprint density at radius 1 is 1.28 bits per heavy atom. The monoisotopic (exact) mass is 347 g/mol. The molecule has 0 aromatic heterocycles. The van der Waals surface area contributed by atoms with Crippen LogP contribution in [-0.4, -0.2) is 43.2 Å². The molecule has 2 rings (SSSR count). The third-order valence-corrected chi connectivity index (χ3v) is 4.56. The summed E-state index contributed by atoms with van der Waals surface area (Å²) in [5.41, 5.74) is 1.05. The summed E-state index contributed by atoms with van der Waals surface area (Å²) in [7, 11) is 0. The van der Waals surface area contributed by atoms with Crippen molar-refractivity contribution in [1.82, 2.24) is 15.5 Å². The van der Waals surface area contributed by atoms with E-state index >= 15 is 0 Å². The molecule has 5 nitrogen and oxygen atoms in total. The lowest BCUT2D eigenvalue weighted by molar-refractivity contribution is 0.177. The summed E-state index contributed by atoms with van der Waals surface area (Å²) in [4.78, 5) is 14.8. The third-order valence-electron chi connectivity index (χ3n) is 4.56. The predicted octanol–water partition coefficient (Wildman–Crippen LogP) is 3.57. The van der Waals surface area contributed by atoms with Crippen molar-refractivity contribution in [2.75, 3.05) is 26.2 Å². The number of carbonyl (C=O) groups is 1. The van der Waals surface area contributed by atoms with Crippen molar-refractivity contribution < 1.29 is 9.53 Å². The number of hydrogen-bond donors (Lipinski definition) is 2. The smallest absolute Gasteiger partial charge is 0.315 e. The van der Waals surface area contributed by atoms with Crippen LogP contribution in [0.25, 0.3) is 0 Å². The van der Waals surface area contributed by atoms with E-state index in [0.717, 1.165) is 43.8 Å². The predicted molar refractivity (Wildman–Crippen MR) is 102 cm³/mol. The van der Waals surface area contributed by atoms with Crippen LogP contribution < -0.4 is 15.4 Å². The van der Waals surface area contributed by atoms with E-state index in [9.17, 15) is 4.79 Å². The van der Waals surface area contributed by atoms with Crippen molar-refractivity contribution in [2.24, 2.45) is 5.92 Å². The Morgan fingerprint density at radius 2 is 2.00 bits per heavy atom. The highest BCUT2D eigenvalue weighted by atomic mass is 16.5. The van der Waals surface area contributed by atoms with Crippen LogP contribution >= 0.6 is 0 Å². The topological polar surface area (TPSA) is 53.6 Å². The molecule has 1 heterocycles. The van der Waals surface area contributed by atoms with Gasteiger partial charge < -0.3 is 20.3 Å². The molecular weight excluding hydrogens is 314 g/mol. The van der Waals surface area contributed by atoms with Gasteiger partial charge in [0.05, 0.1) is 12.6 Å². The summed E-state index contributed by atoms with van der Waals surface area (Å²) in [6.45, 7) is 12.4. The molecule has 1 aliphatic rings. The number of amides is 2. The Bertz CT molecular complexity index is 539. The molecule has 0 radical (unpaired) electrons. The van der Waals surface area contributed by atoms with Crippen molar-refractivity contribution in [3.63, 3.8) is 0 Å². The van der Waals surface area contributed by atoms with Gasteiger partial charge in [0.1, 0.15) is 5.75 Å². The molecule has 0 unspecified atom stereocenters. The fourth-order valence-corrected chi connectivity index (χ4v) is 3.32. The van der Waals surface area contributed by atoms with Gasteiger partial charge in [-0.3, -0.25) is 0 Å². The molecule has 1 fully saturated rings. The van der Waals surface area contributed by atoms with Gasteiger partial charge in [-0.15, -0.1) is 0 Å². The zero-order chi connectivity index (χ0) is 18.2.